The highest BCUT2D eigenvalue weighted by molar-refractivity contribution is 7.86. The molecule has 0 rings (SSSR count). The van der Waals surface area contributed by atoms with Crippen LogP contribution in [0.4, 0.5) is 0 Å². The van der Waals surface area contributed by atoms with Crippen LogP contribution in [-0.2, 0) is 14.3 Å². The van der Waals surface area contributed by atoms with Crippen molar-refractivity contribution in [3.05, 3.63) is 0 Å². The van der Waals surface area contributed by atoms with Gasteiger partial charge in [-0.3, -0.25) is 4.18 Å². The van der Waals surface area contributed by atoms with Gasteiger partial charge < -0.3 is 4.48 Å². The van der Waals surface area contributed by atoms with Gasteiger partial charge in [0.25, 0.3) is 10.1 Å². The number of hydrogen-bond acceptors (Lipinski definition) is 3. The molecule has 134 valence electrons. The van der Waals surface area contributed by atoms with Gasteiger partial charge in [0.2, 0.25) is 0 Å². The van der Waals surface area contributed by atoms with Gasteiger partial charge in [-0.25, -0.2) is 0 Å². The Labute approximate surface area is 138 Å². The zero-order chi connectivity index (χ0) is 16.9. The van der Waals surface area contributed by atoms with E-state index in [1.54, 1.807) is 0 Å². The van der Waals surface area contributed by atoms with Crippen molar-refractivity contribution in [2.75, 3.05) is 40.0 Å². The fourth-order valence-corrected chi connectivity index (χ4v) is 3.27. The molecule has 0 fully saturated rings. The second-order valence-electron chi connectivity index (χ2n) is 7.28. The highest BCUT2D eigenvalue weighted by Crippen LogP contribution is 2.11. The van der Waals surface area contributed by atoms with Crippen LogP contribution in [0.5, 0.6) is 0 Å². The number of unbranched alkanes of at least 4 members (excludes halogenated alkanes) is 9. The van der Waals surface area contributed by atoms with Crippen molar-refractivity contribution in [1.82, 2.24) is 0 Å². The Morgan fingerprint density at radius 2 is 1.23 bits per heavy atom. The Bertz CT molecular complexity index is 347. The van der Waals surface area contributed by atoms with Crippen molar-refractivity contribution in [2.45, 2.75) is 71.1 Å². The average Bonchev–Trinajstić information content (AvgIpc) is 2.39. The third-order valence-electron chi connectivity index (χ3n) is 3.77. The SMILES string of the molecule is CCCCCCCCCCCCS(=O)(=O)OCC[N+](C)(C)C. The molecule has 0 aliphatic carbocycles. The third-order valence-corrected chi connectivity index (χ3v) is 5.09. The summed E-state index contributed by atoms with van der Waals surface area (Å²) < 4.78 is 29.2. The van der Waals surface area contributed by atoms with E-state index in [4.69, 9.17) is 4.18 Å². The van der Waals surface area contributed by atoms with E-state index in [9.17, 15) is 8.42 Å². The summed E-state index contributed by atoms with van der Waals surface area (Å²) in [5.41, 5.74) is 0. The summed E-state index contributed by atoms with van der Waals surface area (Å²) in [6.07, 6.45) is 12.1. The lowest BCUT2D eigenvalue weighted by atomic mass is 10.1. The molecule has 0 saturated heterocycles. The summed E-state index contributed by atoms with van der Waals surface area (Å²) in [5, 5.41) is 0. The molecule has 22 heavy (non-hydrogen) atoms. The number of quaternary nitrogens is 1. The molecule has 0 aliphatic heterocycles. The van der Waals surface area contributed by atoms with E-state index >= 15 is 0 Å². The molecule has 0 aromatic heterocycles. The molecular weight excluding hydrogens is 298 g/mol. The van der Waals surface area contributed by atoms with Crippen LogP contribution in [0.25, 0.3) is 0 Å². The molecule has 0 unspecified atom stereocenters. The predicted octanol–water partition coefficient (Wildman–Crippen LogP) is 3.96. The van der Waals surface area contributed by atoms with Crippen molar-refractivity contribution < 1.29 is 17.1 Å². The van der Waals surface area contributed by atoms with Gasteiger partial charge >= 0.3 is 0 Å². The Morgan fingerprint density at radius 1 is 0.773 bits per heavy atom. The van der Waals surface area contributed by atoms with Crippen molar-refractivity contribution in [1.29, 1.82) is 0 Å². The number of hydrogen-bond donors (Lipinski definition) is 0. The zero-order valence-electron chi connectivity index (χ0n) is 15.3. The number of rotatable bonds is 15. The van der Waals surface area contributed by atoms with E-state index in [1.165, 1.54) is 44.9 Å². The fraction of sp³-hybridized carbons (Fsp3) is 1.00. The summed E-state index contributed by atoms with van der Waals surface area (Å²) in [5.74, 6) is 0.167. The fourth-order valence-electron chi connectivity index (χ4n) is 2.26. The van der Waals surface area contributed by atoms with Crippen LogP contribution in [0.3, 0.4) is 0 Å². The summed E-state index contributed by atoms with van der Waals surface area (Å²) in [4.78, 5) is 0. The van der Waals surface area contributed by atoms with E-state index in [0.717, 1.165) is 19.3 Å². The van der Waals surface area contributed by atoms with Gasteiger partial charge in [-0.2, -0.15) is 8.42 Å². The second-order valence-corrected chi connectivity index (χ2v) is 9.04. The molecule has 0 N–H and O–H groups in total. The molecule has 0 amide bonds. The van der Waals surface area contributed by atoms with E-state index in [0.29, 0.717) is 11.0 Å². The lowest BCUT2D eigenvalue weighted by Crippen LogP contribution is -2.38. The van der Waals surface area contributed by atoms with E-state index in [2.05, 4.69) is 6.92 Å². The summed E-state index contributed by atoms with van der Waals surface area (Å²) in [6.45, 7) is 3.22. The van der Waals surface area contributed by atoms with Gasteiger partial charge in [-0.15, -0.1) is 0 Å². The van der Waals surface area contributed by atoms with Gasteiger partial charge in [-0.1, -0.05) is 64.7 Å². The van der Waals surface area contributed by atoms with E-state index in [-0.39, 0.29) is 12.4 Å². The molecule has 0 aromatic rings. The Balaban J connectivity index is 3.45. The Hall–Kier alpha value is -0.130. The smallest absolute Gasteiger partial charge is 0.267 e. The predicted molar refractivity (Wildman–Crippen MR) is 94.5 cm³/mol. The topological polar surface area (TPSA) is 43.4 Å². The second kappa shape index (κ2) is 12.3. The first-order valence-corrected chi connectivity index (χ1v) is 10.5. The van der Waals surface area contributed by atoms with Gasteiger partial charge in [-0.05, 0) is 6.42 Å². The van der Waals surface area contributed by atoms with Crippen LogP contribution in [0, 0.1) is 0 Å². The van der Waals surface area contributed by atoms with Crippen LogP contribution in [0.1, 0.15) is 71.1 Å². The van der Waals surface area contributed by atoms with Gasteiger partial charge in [0.15, 0.2) is 0 Å². The van der Waals surface area contributed by atoms with Crippen molar-refractivity contribution in [3.8, 4) is 0 Å². The van der Waals surface area contributed by atoms with Crippen LogP contribution in [0.2, 0.25) is 0 Å². The quantitative estimate of drug-likeness (QED) is 0.258. The zero-order valence-corrected chi connectivity index (χ0v) is 16.1. The molecule has 0 spiro atoms. The standard InChI is InChI=1S/C17H38NO3S/c1-5-6-7-8-9-10-11-12-13-14-17-22(19,20)21-16-15-18(2,3)4/h5-17H2,1-4H3/q+1. The highest BCUT2D eigenvalue weighted by Gasteiger charge is 2.14. The molecule has 0 aromatic carbocycles. The normalized spacial score (nSPS) is 12.7. The van der Waals surface area contributed by atoms with Gasteiger partial charge in [0, 0.05) is 0 Å². The van der Waals surface area contributed by atoms with E-state index in [1.807, 2.05) is 21.1 Å². The van der Waals surface area contributed by atoms with Crippen LogP contribution in [0.15, 0.2) is 0 Å². The number of nitrogens with zero attached hydrogens (tertiary/aromatic N) is 1. The molecular formula is C17H38NO3S+. The minimum absolute atomic E-state index is 0.167. The first-order chi connectivity index (χ1) is 10.3. The maximum absolute atomic E-state index is 11.7. The molecule has 0 aliphatic rings. The molecule has 4 nitrogen and oxygen atoms in total. The summed E-state index contributed by atoms with van der Waals surface area (Å²) >= 11 is 0. The summed E-state index contributed by atoms with van der Waals surface area (Å²) in [7, 11) is 2.76. The lowest BCUT2D eigenvalue weighted by Gasteiger charge is -2.23. The summed E-state index contributed by atoms with van der Waals surface area (Å²) in [6, 6.07) is 0. The van der Waals surface area contributed by atoms with Gasteiger partial charge in [0.05, 0.1) is 26.9 Å². The van der Waals surface area contributed by atoms with Crippen LogP contribution >= 0.6 is 0 Å². The molecule has 0 radical (unpaired) electrons. The Morgan fingerprint density at radius 3 is 1.68 bits per heavy atom. The average molecular weight is 337 g/mol. The third kappa shape index (κ3) is 16.2. The minimum atomic E-state index is -3.32. The molecule has 0 bridgehead atoms. The van der Waals surface area contributed by atoms with Crippen LogP contribution in [-0.4, -0.2) is 52.9 Å². The van der Waals surface area contributed by atoms with Crippen molar-refractivity contribution in [2.24, 2.45) is 0 Å². The molecule has 0 atom stereocenters. The number of likely N-dealkylation sites (N-methyl/N-ethyl adjacent to an activating group) is 1. The van der Waals surface area contributed by atoms with Crippen molar-refractivity contribution >= 4 is 10.1 Å². The van der Waals surface area contributed by atoms with Crippen molar-refractivity contribution in [3.63, 3.8) is 0 Å². The lowest BCUT2D eigenvalue weighted by molar-refractivity contribution is -0.870. The van der Waals surface area contributed by atoms with Crippen LogP contribution < -0.4 is 0 Å². The highest BCUT2D eigenvalue weighted by atomic mass is 32.2. The van der Waals surface area contributed by atoms with Gasteiger partial charge in [0.1, 0.15) is 13.2 Å². The maximum Gasteiger partial charge on any atom is 0.267 e. The molecule has 0 saturated carbocycles. The first-order valence-electron chi connectivity index (χ1n) is 8.94. The van der Waals surface area contributed by atoms with E-state index < -0.39 is 10.1 Å². The largest absolute Gasteiger partial charge is 0.329 e. The molecule has 5 heteroatoms. The first kappa shape index (κ1) is 21.9. The maximum atomic E-state index is 11.7. The Kier molecular flexibility index (Phi) is 12.2. The molecule has 0 heterocycles. The monoisotopic (exact) mass is 336 g/mol. The minimum Gasteiger partial charge on any atom is -0.329 e.